The Morgan fingerprint density at radius 2 is 1.83 bits per heavy atom. The number of ether oxygens (including phenoxy) is 2. The van der Waals surface area contributed by atoms with Crippen LogP contribution in [0.2, 0.25) is 0 Å². The molecule has 1 aromatic rings. The fourth-order valence-corrected chi connectivity index (χ4v) is 5.96. The first-order valence-corrected chi connectivity index (χ1v) is 14.4. The summed E-state index contributed by atoms with van der Waals surface area (Å²) in [5.41, 5.74) is 1.15. The van der Waals surface area contributed by atoms with Crippen LogP contribution in [0.4, 0.5) is 0 Å². The van der Waals surface area contributed by atoms with Crippen molar-refractivity contribution in [1.29, 1.82) is 0 Å². The van der Waals surface area contributed by atoms with Gasteiger partial charge in [0, 0.05) is 6.54 Å². The number of hydrogen-bond donors (Lipinski definition) is 2. The summed E-state index contributed by atoms with van der Waals surface area (Å²) in [6.45, 7) is 7.39. The third-order valence-corrected chi connectivity index (χ3v) is 8.30. The van der Waals surface area contributed by atoms with E-state index in [0.717, 1.165) is 12.0 Å². The van der Waals surface area contributed by atoms with Crippen molar-refractivity contribution in [2.24, 2.45) is 5.92 Å². The topological polar surface area (TPSA) is 122 Å². The van der Waals surface area contributed by atoms with Gasteiger partial charge in [0.25, 0.3) is 0 Å². The summed E-state index contributed by atoms with van der Waals surface area (Å²) in [5.74, 6) is -2.75. The van der Waals surface area contributed by atoms with Crippen LogP contribution in [-0.2, 0) is 34.8 Å². The molecule has 0 bridgehead atoms. The van der Waals surface area contributed by atoms with Crippen molar-refractivity contribution in [1.82, 2.24) is 9.99 Å². The van der Waals surface area contributed by atoms with E-state index in [4.69, 9.17) is 9.47 Å². The Morgan fingerprint density at radius 3 is 2.44 bits per heavy atom. The number of nitrogens with zero attached hydrogens (tertiary/aromatic N) is 1. The number of carbonyl (C=O) groups excluding carboxylic acids is 2. The molecule has 1 aliphatic rings. The lowest BCUT2D eigenvalue weighted by Gasteiger charge is -2.28. The quantitative estimate of drug-likeness (QED) is 0.199. The molecule has 1 aromatic carbocycles. The number of aryl methyl sites for hydroxylation is 1. The summed E-state index contributed by atoms with van der Waals surface area (Å²) in [6, 6.07) is 8.22. The average molecular weight is 525 g/mol. The number of nitrogens with one attached hydrogen (secondary N) is 1. The standard InChI is InChI=1S/C26H41N2O7P/c1-5-21(6-2)26(32)35-19(4)34-23(16-10-14-20-12-8-7-9-13-20)36(33)27-18(3)24(29)28-17-11-15-22(28)25(30)31/h7-9,12-13,18-19,21-23,36H,5-6,10-11,14-17H2,1-4H3,(H,27,33)(H,30,31)/t18-,19?,22-,23?/m0/s1. The van der Waals surface area contributed by atoms with Gasteiger partial charge in [0.05, 0.1) is 12.0 Å². The normalized spacial score (nSPS) is 19.0. The molecule has 0 spiro atoms. The SMILES string of the molecule is CCC(CC)C(=O)OC(C)OC(CCCc1ccccc1)[PH](=O)N[C@@H](C)C(=O)N1CCC[C@H]1C(=O)O. The molecule has 10 heteroatoms. The highest BCUT2D eigenvalue weighted by atomic mass is 31.1. The first-order valence-electron chi connectivity index (χ1n) is 12.9. The zero-order valence-corrected chi connectivity index (χ0v) is 22.8. The average Bonchev–Trinajstić information content (AvgIpc) is 3.34. The van der Waals surface area contributed by atoms with Gasteiger partial charge in [0.1, 0.15) is 11.9 Å². The molecular weight excluding hydrogens is 483 g/mol. The lowest BCUT2D eigenvalue weighted by atomic mass is 10.0. The summed E-state index contributed by atoms with van der Waals surface area (Å²) in [7, 11) is -2.66. The van der Waals surface area contributed by atoms with Crippen molar-refractivity contribution in [3.8, 4) is 0 Å². The number of amides is 1. The highest BCUT2D eigenvalue weighted by Crippen LogP contribution is 2.32. The third-order valence-electron chi connectivity index (χ3n) is 6.57. The number of benzene rings is 1. The zero-order valence-electron chi connectivity index (χ0n) is 21.8. The van der Waals surface area contributed by atoms with Crippen molar-refractivity contribution < 1.29 is 33.5 Å². The monoisotopic (exact) mass is 524 g/mol. The molecule has 1 aliphatic heterocycles. The molecule has 9 nitrogen and oxygen atoms in total. The number of likely N-dealkylation sites (tertiary alicyclic amines) is 1. The van der Waals surface area contributed by atoms with Gasteiger partial charge < -0.3 is 24.0 Å². The minimum absolute atomic E-state index is 0.219. The maximum atomic E-state index is 13.3. The van der Waals surface area contributed by atoms with Crippen molar-refractivity contribution in [3.05, 3.63) is 35.9 Å². The Kier molecular flexibility index (Phi) is 12.6. The molecule has 202 valence electrons. The Bertz CT molecular complexity index is 878. The lowest BCUT2D eigenvalue weighted by Crippen LogP contribution is -2.48. The molecule has 1 amide bonds. The Balaban J connectivity index is 2.03. The number of hydrogen-bond acceptors (Lipinski definition) is 6. The van der Waals surface area contributed by atoms with Crippen LogP contribution >= 0.6 is 7.95 Å². The zero-order chi connectivity index (χ0) is 26.7. The van der Waals surface area contributed by atoms with Crippen LogP contribution in [0.1, 0.15) is 71.8 Å². The largest absolute Gasteiger partial charge is 0.480 e. The van der Waals surface area contributed by atoms with Gasteiger partial charge in [0.15, 0.2) is 7.95 Å². The molecule has 0 aliphatic carbocycles. The smallest absolute Gasteiger partial charge is 0.326 e. The molecule has 1 saturated heterocycles. The van der Waals surface area contributed by atoms with E-state index in [1.165, 1.54) is 4.90 Å². The Hall–Kier alpha value is -2.22. The Labute approximate surface area is 214 Å². The summed E-state index contributed by atoms with van der Waals surface area (Å²) >= 11 is 0. The summed E-state index contributed by atoms with van der Waals surface area (Å²) in [4.78, 5) is 38.1. The van der Waals surface area contributed by atoms with Crippen LogP contribution < -0.4 is 5.09 Å². The lowest BCUT2D eigenvalue weighted by molar-refractivity contribution is -0.183. The minimum Gasteiger partial charge on any atom is -0.480 e. The maximum absolute atomic E-state index is 13.3. The number of aliphatic carboxylic acids is 1. The van der Waals surface area contributed by atoms with E-state index in [1.54, 1.807) is 13.8 Å². The van der Waals surface area contributed by atoms with E-state index in [0.29, 0.717) is 45.1 Å². The molecular formula is C26H41N2O7P. The second-order valence-electron chi connectivity index (χ2n) is 9.28. The van der Waals surface area contributed by atoms with Crippen molar-refractivity contribution in [3.63, 3.8) is 0 Å². The Morgan fingerprint density at radius 1 is 1.17 bits per heavy atom. The van der Waals surface area contributed by atoms with E-state index in [1.807, 2.05) is 44.2 Å². The summed E-state index contributed by atoms with van der Waals surface area (Å²) in [6.07, 6.45) is 3.35. The van der Waals surface area contributed by atoms with Gasteiger partial charge in [-0.1, -0.05) is 44.2 Å². The van der Waals surface area contributed by atoms with E-state index in [2.05, 4.69) is 5.09 Å². The first kappa shape index (κ1) is 30.0. The van der Waals surface area contributed by atoms with Crippen LogP contribution in [0.25, 0.3) is 0 Å². The van der Waals surface area contributed by atoms with Gasteiger partial charge in [-0.15, -0.1) is 0 Å². The van der Waals surface area contributed by atoms with E-state index in [-0.39, 0.29) is 11.9 Å². The van der Waals surface area contributed by atoms with Crippen molar-refractivity contribution in [2.75, 3.05) is 6.54 Å². The fraction of sp³-hybridized carbons (Fsp3) is 0.654. The number of carbonyl (C=O) groups is 3. The third kappa shape index (κ3) is 9.02. The number of esters is 1. The molecule has 36 heavy (non-hydrogen) atoms. The van der Waals surface area contributed by atoms with Crippen LogP contribution in [-0.4, -0.2) is 58.6 Å². The molecule has 5 atom stereocenters. The van der Waals surface area contributed by atoms with Gasteiger partial charge in [0.2, 0.25) is 12.2 Å². The maximum Gasteiger partial charge on any atom is 0.326 e. The molecule has 0 saturated carbocycles. The second kappa shape index (κ2) is 15.1. The molecule has 0 radical (unpaired) electrons. The second-order valence-corrected chi connectivity index (χ2v) is 10.9. The number of carboxylic acid groups (broad SMARTS) is 1. The summed E-state index contributed by atoms with van der Waals surface area (Å²) < 4.78 is 24.7. The molecule has 2 rings (SSSR count). The predicted octanol–water partition coefficient (Wildman–Crippen LogP) is 4.21. The van der Waals surface area contributed by atoms with Gasteiger partial charge in [-0.25, -0.2) is 4.79 Å². The molecule has 0 aromatic heterocycles. The number of carboxylic acids is 1. The molecule has 1 fully saturated rings. The summed E-state index contributed by atoms with van der Waals surface area (Å²) in [5, 5.41) is 12.3. The van der Waals surface area contributed by atoms with E-state index >= 15 is 0 Å². The van der Waals surface area contributed by atoms with Gasteiger partial charge in [-0.2, -0.15) is 0 Å². The van der Waals surface area contributed by atoms with Crippen LogP contribution in [0, 0.1) is 5.92 Å². The van der Waals surface area contributed by atoms with Gasteiger partial charge in [-0.3, -0.25) is 14.7 Å². The van der Waals surface area contributed by atoms with E-state index in [9.17, 15) is 24.1 Å². The number of rotatable bonds is 15. The fourth-order valence-electron chi connectivity index (χ4n) is 4.44. The van der Waals surface area contributed by atoms with Crippen molar-refractivity contribution >= 4 is 25.8 Å². The minimum atomic E-state index is -2.66. The molecule has 1 heterocycles. The van der Waals surface area contributed by atoms with Crippen LogP contribution in [0.5, 0.6) is 0 Å². The van der Waals surface area contributed by atoms with Gasteiger partial charge >= 0.3 is 11.9 Å². The predicted molar refractivity (Wildman–Crippen MR) is 138 cm³/mol. The van der Waals surface area contributed by atoms with E-state index < -0.39 is 44.0 Å². The van der Waals surface area contributed by atoms with Crippen molar-refractivity contribution in [2.45, 2.75) is 96.9 Å². The molecule has 2 N–H and O–H groups in total. The van der Waals surface area contributed by atoms with Crippen LogP contribution in [0.15, 0.2) is 30.3 Å². The first-order chi connectivity index (χ1) is 17.2. The van der Waals surface area contributed by atoms with Crippen LogP contribution in [0.3, 0.4) is 0 Å². The highest BCUT2D eigenvalue weighted by molar-refractivity contribution is 7.43. The highest BCUT2D eigenvalue weighted by Gasteiger charge is 2.36. The van der Waals surface area contributed by atoms with Gasteiger partial charge in [-0.05, 0) is 64.4 Å². The molecule has 3 unspecified atom stereocenters.